The maximum absolute atomic E-state index is 3.18. The Hall–Kier alpha value is -6.36. The molecule has 0 aliphatic carbocycles. The van der Waals surface area contributed by atoms with Crippen LogP contribution in [0.5, 0.6) is 0 Å². The first kappa shape index (κ1) is 26.6. The Morgan fingerprint density at radius 2 is 0.840 bits per heavy atom. The quantitative estimate of drug-likeness (QED) is 0.169. The van der Waals surface area contributed by atoms with Gasteiger partial charge >= 0.3 is 8.40 Å². The first-order chi connectivity index (χ1) is 24.9. The molecule has 50 heavy (non-hydrogen) atoms. The number of fused-ring (bicyclic) bond motifs is 8. The molecule has 8 aromatic carbocycles. The van der Waals surface area contributed by atoms with Crippen LogP contribution in [0, 0.1) is 0 Å². The summed E-state index contributed by atoms with van der Waals surface area (Å²) in [5, 5.41) is 13.2. The van der Waals surface area contributed by atoms with E-state index in [1.165, 1.54) is 92.3 Å². The largest absolute Gasteiger partial charge is 0.341 e. The SMILES string of the molecule is c1ccc(-n2c3ccc4c5ccccc5n5c4c3c3c2ccc2c4c6ccccc6ccc4n(c23)[Si]5(c2ccccc2)c2ccccc2)cc1. The summed E-state index contributed by atoms with van der Waals surface area (Å²) in [6, 6.07) is 66.0. The topological polar surface area (TPSA) is 14.8 Å². The average Bonchev–Trinajstić information content (AvgIpc) is 3.80. The number of rotatable bonds is 3. The molecule has 11 aromatic rings. The Labute approximate surface area is 288 Å². The fourth-order valence-electron chi connectivity index (χ4n) is 9.56. The molecule has 0 N–H and O–H groups in total. The molecule has 0 saturated heterocycles. The molecule has 0 radical (unpaired) electrons. The number of nitrogens with zero attached hydrogens (tertiary/aromatic N) is 3. The standard InChI is InChI=1S/C46H29N3Si/c1-4-15-31(16-5-1)47-39-28-25-36-35-22-12-13-23-38(35)48-45(36)43(39)44-40(47)29-26-37-42-34-21-11-10-14-30(34)24-27-41(42)49(46(37)44)50(48,32-17-6-2-7-18-32)33-19-8-3-9-20-33/h1-29H. The molecule has 3 nitrogen and oxygen atoms in total. The van der Waals surface area contributed by atoms with Gasteiger partial charge in [-0.25, -0.2) is 0 Å². The first-order valence-electron chi connectivity index (χ1n) is 17.4. The van der Waals surface area contributed by atoms with Crippen molar-refractivity contribution in [3.63, 3.8) is 0 Å². The van der Waals surface area contributed by atoms with Crippen LogP contribution in [0.3, 0.4) is 0 Å². The summed E-state index contributed by atoms with van der Waals surface area (Å²) in [4.78, 5) is 0. The van der Waals surface area contributed by atoms with Crippen LogP contribution >= 0.6 is 0 Å². The molecule has 4 heteroatoms. The zero-order valence-electron chi connectivity index (χ0n) is 27.1. The zero-order valence-corrected chi connectivity index (χ0v) is 28.1. The second kappa shape index (κ2) is 9.41. The Morgan fingerprint density at radius 1 is 0.320 bits per heavy atom. The van der Waals surface area contributed by atoms with Crippen molar-refractivity contribution in [2.24, 2.45) is 0 Å². The Morgan fingerprint density at radius 3 is 1.54 bits per heavy atom. The summed E-state index contributed by atoms with van der Waals surface area (Å²) in [6.07, 6.45) is 0. The van der Waals surface area contributed by atoms with E-state index in [9.17, 15) is 0 Å². The number of benzene rings is 8. The monoisotopic (exact) mass is 651 g/mol. The predicted molar refractivity (Wildman–Crippen MR) is 213 cm³/mol. The van der Waals surface area contributed by atoms with Crippen LogP contribution in [-0.2, 0) is 0 Å². The summed E-state index contributed by atoms with van der Waals surface area (Å²) < 4.78 is 8.16. The number of aromatic nitrogens is 3. The van der Waals surface area contributed by atoms with Crippen LogP contribution < -0.4 is 10.4 Å². The zero-order chi connectivity index (χ0) is 32.6. The molecular formula is C46H29N3Si. The van der Waals surface area contributed by atoms with Crippen molar-refractivity contribution in [3.8, 4) is 5.69 Å². The van der Waals surface area contributed by atoms with Crippen LogP contribution in [0.4, 0.5) is 0 Å². The van der Waals surface area contributed by atoms with Gasteiger partial charge in [-0.15, -0.1) is 0 Å². The highest BCUT2D eigenvalue weighted by Gasteiger charge is 2.49. The van der Waals surface area contributed by atoms with Gasteiger partial charge in [0.05, 0.1) is 22.1 Å². The third-order valence-corrected chi connectivity index (χ3v) is 15.9. The molecule has 1 aliphatic heterocycles. The molecule has 0 atom stereocenters. The molecule has 0 bridgehead atoms. The van der Waals surface area contributed by atoms with Gasteiger partial charge in [0.25, 0.3) is 0 Å². The van der Waals surface area contributed by atoms with Gasteiger partial charge in [-0.1, -0.05) is 140 Å². The van der Waals surface area contributed by atoms with Crippen molar-refractivity contribution < 1.29 is 0 Å². The minimum atomic E-state index is -3.18. The van der Waals surface area contributed by atoms with E-state index in [0.717, 1.165) is 0 Å². The molecule has 0 amide bonds. The second-order valence-electron chi connectivity index (χ2n) is 13.7. The van der Waals surface area contributed by atoms with Gasteiger partial charge in [0.15, 0.2) is 0 Å². The molecule has 0 unspecified atom stereocenters. The molecule has 4 heterocycles. The summed E-state index contributed by atoms with van der Waals surface area (Å²) >= 11 is 0. The Bertz CT molecular complexity index is 3150. The van der Waals surface area contributed by atoms with E-state index in [-0.39, 0.29) is 0 Å². The lowest BCUT2D eigenvalue weighted by atomic mass is 10.0. The van der Waals surface area contributed by atoms with E-state index in [0.29, 0.717) is 0 Å². The lowest BCUT2D eigenvalue weighted by Gasteiger charge is -2.37. The van der Waals surface area contributed by atoms with Gasteiger partial charge < -0.3 is 13.0 Å². The summed E-state index contributed by atoms with van der Waals surface area (Å²) in [6.45, 7) is 0. The number of hydrogen-bond acceptors (Lipinski definition) is 0. The van der Waals surface area contributed by atoms with Gasteiger partial charge in [-0.2, -0.15) is 0 Å². The second-order valence-corrected chi connectivity index (χ2v) is 17.0. The molecule has 12 rings (SSSR count). The highest BCUT2D eigenvalue weighted by molar-refractivity contribution is 7.02. The van der Waals surface area contributed by atoms with Gasteiger partial charge in [0, 0.05) is 49.0 Å². The summed E-state index contributed by atoms with van der Waals surface area (Å²) in [7, 11) is -3.18. The molecule has 0 saturated carbocycles. The molecule has 3 aromatic heterocycles. The summed E-state index contributed by atoms with van der Waals surface area (Å²) in [5.41, 5.74) is 8.87. The lowest BCUT2D eigenvalue weighted by Crippen LogP contribution is -2.69. The van der Waals surface area contributed by atoms with E-state index < -0.39 is 8.40 Å². The van der Waals surface area contributed by atoms with Crippen molar-refractivity contribution in [1.82, 2.24) is 13.0 Å². The predicted octanol–water partition coefficient (Wildman–Crippen LogP) is 10.1. The molecule has 232 valence electrons. The van der Waals surface area contributed by atoms with Crippen LogP contribution in [0.15, 0.2) is 176 Å². The van der Waals surface area contributed by atoms with Crippen LogP contribution in [-0.4, -0.2) is 21.4 Å². The maximum atomic E-state index is 2.84. The van der Waals surface area contributed by atoms with E-state index in [1.807, 2.05) is 0 Å². The van der Waals surface area contributed by atoms with E-state index >= 15 is 0 Å². The molecule has 1 aliphatic rings. The minimum Gasteiger partial charge on any atom is -0.341 e. The highest BCUT2D eigenvalue weighted by Crippen LogP contribution is 2.49. The van der Waals surface area contributed by atoms with E-state index in [2.05, 4.69) is 189 Å². The van der Waals surface area contributed by atoms with Gasteiger partial charge in [-0.3, -0.25) is 0 Å². The van der Waals surface area contributed by atoms with Crippen LogP contribution in [0.2, 0.25) is 0 Å². The van der Waals surface area contributed by atoms with E-state index in [4.69, 9.17) is 0 Å². The molecule has 0 fully saturated rings. The van der Waals surface area contributed by atoms with Crippen molar-refractivity contribution in [3.05, 3.63) is 176 Å². The minimum absolute atomic E-state index is 1.18. The first-order valence-corrected chi connectivity index (χ1v) is 19.3. The van der Waals surface area contributed by atoms with Gasteiger partial charge in [-0.05, 0) is 57.5 Å². The van der Waals surface area contributed by atoms with E-state index in [1.54, 1.807) is 0 Å². The lowest BCUT2D eigenvalue weighted by molar-refractivity contribution is 1.16. The van der Waals surface area contributed by atoms with Crippen LogP contribution in [0.1, 0.15) is 0 Å². The van der Waals surface area contributed by atoms with Crippen molar-refractivity contribution in [2.75, 3.05) is 0 Å². The number of para-hydroxylation sites is 2. The number of hydrogen-bond donors (Lipinski definition) is 0. The third-order valence-electron chi connectivity index (χ3n) is 11.4. The molecular weight excluding hydrogens is 623 g/mol. The van der Waals surface area contributed by atoms with Gasteiger partial charge in [0.1, 0.15) is 0 Å². The Balaban J connectivity index is 1.49. The maximum Gasteiger partial charge on any atom is 0.340 e. The normalized spacial score (nSPS) is 13.8. The molecule has 0 spiro atoms. The van der Waals surface area contributed by atoms with Crippen molar-refractivity contribution in [1.29, 1.82) is 0 Å². The fraction of sp³-hybridized carbons (Fsp3) is 0. The highest BCUT2D eigenvalue weighted by atomic mass is 28.3. The average molecular weight is 652 g/mol. The fourth-order valence-corrected chi connectivity index (χ4v) is 14.6. The van der Waals surface area contributed by atoms with Crippen molar-refractivity contribution in [2.45, 2.75) is 0 Å². The third kappa shape index (κ3) is 3.03. The van der Waals surface area contributed by atoms with Crippen molar-refractivity contribution >= 4 is 95.0 Å². The smallest absolute Gasteiger partial charge is 0.340 e. The van der Waals surface area contributed by atoms with Crippen LogP contribution in [0.25, 0.3) is 81.9 Å². The van der Waals surface area contributed by atoms with Gasteiger partial charge in [0.2, 0.25) is 0 Å². The Kier molecular flexibility index (Phi) is 5.00. The summed E-state index contributed by atoms with van der Waals surface area (Å²) in [5.74, 6) is 0.